The van der Waals surface area contributed by atoms with Gasteiger partial charge in [-0.05, 0) is 56.7 Å². The minimum atomic E-state index is -0.257. The minimum absolute atomic E-state index is 0.000787. The largest absolute Gasteiger partial charge is 0.482 e. The van der Waals surface area contributed by atoms with Gasteiger partial charge >= 0.3 is 5.97 Å². The Balaban J connectivity index is 1.81. The van der Waals surface area contributed by atoms with E-state index in [0.29, 0.717) is 0 Å². The summed E-state index contributed by atoms with van der Waals surface area (Å²) in [4.78, 5) is 11.7. The molecule has 0 bridgehead atoms. The molecule has 104 valence electrons. The molecule has 0 aliphatic heterocycles. The van der Waals surface area contributed by atoms with Gasteiger partial charge in [-0.1, -0.05) is 18.6 Å². The first-order valence-electron chi connectivity index (χ1n) is 7.04. The van der Waals surface area contributed by atoms with Crippen molar-refractivity contribution < 1.29 is 14.3 Å². The number of aryl methyl sites for hydroxylation is 2. The van der Waals surface area contributed by atoms with E-state index in [1.165, 1.54) is 6.42 Å². The van der Waals surface area contributed by atoms with Crippen LogP contribution in [0.15, 0.2) is 18.2 Å². The van der Waals surface area contributed by atoms with Gasteiger partial charge in [0.05, 0.1) is 0 Å². The first kappa shape index (κ1) is 13.9. The van der Waals surface area contributed by atoms with Gasteiger partial charge in [0.25, 0.3) is 0 Å². The van der Waals surface area contributed by atoms with Crippen LogP contribution >= 0.6 is 0 Å². The average molecular weight is 262 g/mol. The number of carbonyl (C=O) groups excluding carboxylic acids is 1. The average Bonchev–Trinajstić information content (AvgIpc) is 2.41. The van der Waals surface area contributed by atoms with E-state index < -0.39 is 0 Å². The molecule has 0 atom stereocenters. The molecule has 19 heavy (non-hydrogen) atoms. The van der Waals surface area contributed by atoms with Crippen molar-refractivity contribution in [2.45, 2.75) is 52.1 Å². The van der Waals surface area contributed by atoms with Crippen LogP contribution in [0, 0.1) is 13.8 Å². The third-order valence-electron chi connectivity index (χ3n) is 3.54. The summed E-state index contributed by atoms with van der Waals surface area (Å²) in [6.45, 7) is 3.98. The Labute approximate surface area is 114 Å². The third-order valence-corrected chi connectivity index (χ3v) is 3.54. The van der Waals surface area contributed by atoms with Gasteiger partial charge in [-0.3, -0.25) is 0 Å². The van der Waals surface area contributed by atoms with Crippen LogP contribution in [0.4, 0.5) is 0 Å². The van der Waals surface area contributed by atoms with E-state index in [1.54, 1.807) is 0 Å². The van der Waals surface area contributed by atoms with Crippen molar-refractivity contribution in [3.63, 3.8) is 0 Å². The van der Waals surface area contributed by atoms with Crippen molar-refractivity contribution in [2.75, 3.05) is 6.61 Å². The Morgan fingerprint density at radius 1 is 1.21 bits per heavy atom. The minimum Gasteiger partial charge on any atom is -0.482 e. The number of carbonyl (C=O) groups is 1. The van der Waals surface area contributed by atoms with Crippen molar-refractivity contribution in [2.24, 2.45) is 0 Å². The zero-order chi connectivity index (χ0) is 13.7. The highest BCUT2D eigenvalue weighted by Crippen LogP contribution is 2.21. The molecule has 0 spiro atoms. The second kappa shape index (κ2) is 6.60. The molecule has 0 N–H and O–H groups in total. The monoisotopic (exact) mass is 262 g/mol. The number of hydrogen-bond donors (Lipinski definition) is 0. The molecule has 1 saturated carbocycles. The van der Waals surface area contributed by atoms with Gasteiger partial charge in [0.2, 0.25) is 0 Å². The van der Waals surface area contributed by atoms with Crippen molar-refractivity contribution in [1.29, 1.82) is 0 Å². The van der Waals surface area contributed by atoms with E-state index in [0.717, 1.165) is 42.6 Å². The molecule has 0 heterocycles. The Bertz CT molecular complexity index is 434. The predicted octanol–water partition coefficient (Wildman–Crippen LogP) is 3.56. The molecule has 1 aliphatic carbocycles. The fourth-order valence-corrected chi connectivity index (χ4v) is 2.40. The third kappa shape index (κ3) is 4.27. The Morgan fingerprint density at radius 3 is 2.68 bits per heavy atom. The Hall–Kier alpha value is -1.51. The molecule has 1 fully saturated rings. The fourth-order valence-electron chi connectivity index (χ4n) is 2.40. The van der Waals surface area contributed by atoms with Crippen LogP contribution in [0.25, 0.3) is 0 Å². The molecular weight excluding hydrogens is 240 g/mol. The summed E-state index contributed by atoms with van der Waals surface area (Å²) >= 11 is 0. The topological polar surface area (TPSA) is 35.5 Å². The first-order valence-corrected chi connectivity index (χ1v) is 7.04. The zero-order valence-electron chi connectivity index (χ0n) is 11.8. The van der Waals surface area contributed by atoms with Crippen LogP contribution in [0.2, 0.25) is 0 Å². The molecular formula is C16H22O3. The van der Waals surface area contributed by atoms with Crippen LogP contribution < -0.4 is 4.74 Å². The summed E-state index contributed by atoms with van der Waals surface area (Å²) < 4.78 is 11.0. The van der Waals surface area contributed by atoms with Crippen molar-refractivity contribution in [1.82, 2.24) is 0 Å². The van der Waals surface area contributed by atoms with Crippen molar-refractivity contribution >= 4 is 5.97 Å². The van der Waals surface area contributed by atoms with E-state index in [9.17, 15) is 4.79 Å². The maximum Gasteiger partial charge on any atom is 0.344 e. The van der Waals surface area contributed by atoms with Crippen molar-refractivity contribution in [3.8, 4) is 5.75 Å². The van der Waals surface area contributed by atoms with Crippen LogP contribution in [-0.2, 0) is 9.53 Å². The van der Waals surface area contributed by atoms with Gasteiger partial charge in [0, 0.05) is 0 Å². The van der Waals surface area contributed by atoms with E-state index in [2.05, 4.69) is 0 Å². The summed E-state index contributed by atoms with van der Waals surface area (Å²) in [6, 6.07) is 5.98. The molecule has 2 rings (SSSR count). The lowest BCUT2D eigenvalue weighted by Gasteiger charge is -2.21. The summed E-state index contributed by atoms with van der Waals surface area (Å²) in [7, 11) is 0. The van der Waals surface area contributed by atoms with Gasteiger partial charge in [0.1, 0.15) is 11.9 Å². The molecule has 0 aromatic heterocycles. The molecule has 0 unspecified atom stereocenters. The fraction of sp³-hybridized carbons (Fsp3) is 0.562. The lowest BCUT2D eigenvalue weighted by molar-refractivity contribution is -0.152. The predicted molar refractivity (Wildman–Crippen MR) is 74.4 cm³/mol. The highest BCUT2D eigenvalue weighted by molar-refractivity contribution is 5.71. The van der Waals surface area contributed by atoms with E-state index in [-0.39, 0.29) is 18.7 Å². The number of ether oxygens (including phenoxy) is 2. The second-order valence-corrected chi connectivity index (χ2v) is 5.31. The number of benzene rings is 1. The van der Waals surface area contributed by atoms with Crippen LogP contribution in [-0.4, -0.2) is 18.7 Å². The molecule has 0 saturated heterocycles. The second-order valence-electron chi connectivity index (χ2n) is 5.31. The Morgan fingerprint density at radius 2 is 1.95 bits per heavy atom. The molecule has 1 aromatic carbocycles. The molecule has 0 amide bonds. The summed E-state index contributed by atoms with van der Waals surface area (Å²) in [5.41, 5.74) is 2.16. The number of esters is 1. The number of rotatable bonds is 4. The standard InChI is InChI=1S/C16H22O3/c1-12-8-9-13(2)15(10-12)18-11-16(17)19-14-6-4-3-5-7-14/h8-10,14H,3-7,11H2,1-2H3. The molecule has 1 aromatic rings. The summed E-state index contributed by atoms with van der Waals surface area (Å²) in [5, 5.41) is 0. The normalized spacial score (nSPS) is 16.1. The van der Waals surface area contributed by atoms with Crippen LogP contribution in [0.1, 0.15) is 43.2 Å². The van der Waals surface area contributed by atoms with Gasteiger partial charge in [-0.25, -0.2) is 4.79 Å². The zero-order valence-corrected chi connectivity index (χ0v) is 11.8. The number of hydrogen-bond acceptors (Lipinski definition) is 3. The molecule has 1 aliphatic rings. The summed E-state index contributed by atoms with van der Waals surface area (Å²) in [5.74, 6) is 0.508. The summed E-state index contributed by atoms with van der Waals surface area (Å²) in [6.07, 6.45) is 5.67. The highest BCUT2D eigenvalue weighted by atomic mass is 16.6. The van der Waals surface area contributed by atoms with Crippen LogP contribution in [0.3, 0.4) is 0 Å². The smallest absolute Gasteiger partial charge is 0.344 e. The Kier molecular flexibility index (Phi) is 4.83. The first-order chi connectivity index (χ1) is 9.15. The van der Waals surface area contributed by atoms with Gasteiger partial charge in [-0.2, -0.15) is 0 Å². The van der Waals surface area contributed by atoms with E-state index >= 15 is 0 Å². The molecule has 3 heteroatoms. The van der Waals surface area contributed by atoms with Gasteiger partial charge < -0.3 is 9.47 Å². The molecule has 0 radical (unpaired) electrons. The lowest BCUT2D eigenvalue weighted by atomic mass is 9.98. The van der Waals surface area contributed by atoms with Gasteiger partial charge in [-0.15, -0.1) is 0 Å². The SMILES string of the molecule is Cc1ccc(C)c(OCC(=O)OC2CCCCC2)c1. The maximum absolute atomic E-state index is 11.7. The molecule has 3 nitrogen and oxygen atoms in total. The van der Waals surface area contributed by atoms with E-state index in [1.807, 2.05) is 32.0 Å². The van der Waals surface area contributed by atoms with Crippen molar-refractivity contribution in [3.05, 3.63) is 29.3 Å². The maximum atomic E-state index is 11.7. The van der Waals surface area contributed by atoms with Crippen LogP contribution in [0.5, 0.6) is 5.75 Å². The quantitative estimate of drug-likeness (QED) is 0.778. The lowest BCUT2D eigenvalue weighted by Crippen LogP contribution is -2.24. The van der Waals surface area contributed by atoms with Gasteiger partial charge in [0.15, 0.2) is 6.61 Å². The highest BCUT2D eigenvalue weighted by Gasteiger charge is 2.18. The van der Waals surface area contributed by atoms with E-state index in [4.69, 9.17) is 9.47 Å².